The van der Waals surface area contributed by atoms with E-state index in [1.807, 2.05) is 0 Å². The van der Waals surface area contributed by atoms with Gasteiger partial charge in [-0.2, -0.15) is 0 Å². The summed E-state index contributed by atoms with van der Waals surface area (Å²) >= 11 is 0. The quantitative estimate of drug-likeness (QED) is 0.867. The lowest BCUT2D eigenvalue weighted by Crippen LogP contribution is -2.31. The molecule has 132 valence electrons. The summed E-state index contributed by atoms with van der Waals surface area (Å²) in [5, 5.41) is 11.8. The van der Waals surface area contributed by atoms with E-state index in [1.165, 1.54) is 12.1 Å². The number of carbonyl (C=O) groups excluding carboxylic acids is 1. The van der Waals surface area contributed by atoms with E-state index in [0.717, 1.165) is 38.0 Å². The fourth-order valence-corrected chi connectivity index (χ4v) is 3.86. The second-order valence-electron chi connectivity index (χ2n) is 7.27. The van der Waals surface area contributed by atoms with Crippen LogP contribution >= 0.6 is 0 Å². The van der Waals surface area contributed by atoms with Crippen molar-refractivity contribution in [2.45, 2.75) is 44.4 Å². The van der Waals surface area contributed by atoms with Gasteiger partial charge in [0.15, 0.2) is 9.84 Å². The van der Waals surface area contributed by atoms with E-state index >= 15 is 0 Å². The summed E-state index contributed by atoms with van der Waals surface area (Å²) in [7, 11) is -3.58. The molecule has 0 heterocycles. The van der Waals surface area contributed by atoms with Crippen molar-refractivity contribution in [3.63, 3.8) is 0 Å². The van der Waals surface area contributed by atoms with Crippen LogP contribution in [-0.2, 0) is 14.6 Å². The highest BCUT2D eigenvalue weighted by molar-refractivity contribution is 7.90. The molecule has 2 rings (SSSR count). The van der Waals surface area contributed by atoms with Crippen molar-refractivity contribution in [1.29, 1.82) is 0 Å². The number of sulfone groups is 1. The highest BCUT2D eigenvalue weighted by Crippen LogP contribution is 2.39. The standard InChI is InChI=1S/C17H23NO5S/c1-17(2)6-4-5-11(10-17)15(19)18-13-7-12(16(20)21)8-14(9-13)24(3,22)23/h7-9,11H,4-6,10H2,1-3H3,(H,18,19)(H,20,21). The van der Waals surface area contributed by atoms with Gasteiger partial charge in [0.25, 0.3) is 0 Å². The zero-order valence-electron chi connectivity index (χ0n) is 14.1. The number of anilines is 1. The van der Waals surface area contributed by atoms with E-state index in [4.69, 9.17) is 5.11 Å². The van der Waals surface area contributed by atoms with Crippen molar-refractivity contribution in [2.75, 3.05) is 11.6 Å². The van der Waals surface area contributed by atoms with Gasteiger partial charge in [-0.15, -0.1) is 0 Å². The number of rotatable bonds is 4. The lowest BCUT2D eigenvalue weighted by atomic mass is 9.72. The monoisotopic (exact) mass is 353 g/mol. The molecule has 1 aromatic rings. The third-order valence-corrected chi connectivity index (χ3v) is 5.52. The molecule has 1 aliphatic carbocycles. The van der Waals surface area contributed by atoms with E-state index in [-0.39, 0.29) is 33.4 Å². The number of aromatic carboxylic acids is 1. The van der Waals surface area contributed by atoms with Gasteiger partial charge >= 0.3 is 5.97 Å². The first-order valence-corrected chi connectivity index (χ1v) is 9.76. The SMILES string of the molecule is CC1(C)CCCC(C(=O)Nc2cc(C(=O)O)cc(S(C)(=O)=O)c2)C1. The average molecular weight is 353 g/mol. The summed E-state index contributed by atoms with van der Waals surface area (Å²) in [6.45, 7) is 4.25. The number of benzene rings is 1. The Labute approximate surface area is 142 Å². The van der Waals surface area contributed by atoms with Gasteiger partial charge in [-0.3, -0.25) is 4.79 Å². The molecule has 1 fully saturated rings. The Kier molecular flexibility index (Phi) is 5.03. The number of nitrogens with one attached hydrogen (secondary N) is 1. The number of carbonyl (C=O) groups is 2. The van der Waals surface area contributed by atoms with E-state index < -0.39 is 15.8 Å². The molecule has 0 radical (unpaired) electrons. The number of hydrogen-bond acceptors (Lipinski definition) is 4. The lowest BCUT2D eigenvalue weighted by molar-refractivity contribution is -0.122. The third kappa shape index (κ3) is 4.56. The van der Waals surface area contributed by atoms with Crippen LogP contribution in [0.3, 0.4) is 0 Å². The van der Waals surface area contributed by atoms with Crippen LogP contribution in [0.4, 0.5) is 5.69 Å². The summed E-state index contributed by atoms with van der Waals surface area (Å²) in [6, 6.07) is 3.67. The maximum atomic E-state index is 12.5. The number of amides is 1. The van der Waals surface area contributed by atoms with Crippen LogP contribution in [0.25, 0.3) is 0 Å². The van der Waals surface area contributed by atoms with Crippen LogP contribution in [-0.4, -0.2) is 31.7 Å². The van der Waals surface area contributed by atoms with Crippen LogP contribution in [0.15, 0.2) is 23.1 Å². The summed E-state index contributed by atoms with van der Waals surface area (Å²) in [4.78, 5) is 23.6. The van der Waals surface area contributed by atoms with Gasteiger partial charge in [-0.05, 0) is 42.9 Å². The van der Waals surface area contributed by atoms with Crippen molar-refractivity contribution < 1.29 is 23.1 Å². The molecule has 1 atom stereocenters. The zero-order valence-corrected chi connectivity index (χ0v) is 14.9. The van der Waals surface area contributed by atoms with Gasteiger partial charge in [0, 0.05) is 17.9 Å². The smallest absolute Gasteiger partial charge is 0.335 e. The zero-order chi connectivity index (χ0) is 18.1. The van der Waals surface area contributed by atoms with Crippen molar-refractivity contribution in [3.8, 4) is 0 Å². The van der Waals surface area contributed by atoms with Crippen molar-refractivity contribution in [2.24, 2.45) is 11.3 Å². The maximum Gasteiger partial charge on any atom is 0.335 e. The molecule has 2 N–H and O–H groups in total. The van der Waals surface area contributed by atoms with E-state index in [2.05, 4.69) is 19.2 Å². The van der Waals surface area contributed by atoms with Gasteiger partial charge < -0.3 is 10.4 Å². The normalized spacial score (nSPS) is 20.4. The molecule has 0 aromatic heterocycles. The fraction of sp³-hybridized carbons (Fsp3) is 0.529. The third-order valence-electron chi connectivity index (χ3n) is 4.43. The predicted octanol–water partition coefficient (Wildman–Crippen LogP) is 2.94. The second kappa shape index (κ2) is 6.55. The molecule has 1 amide bonds. The van der Waals surface area contributed by atoms with Crippen LogP contribution in [0.5, 0.6) is 0 Å². The lowest BCUT2D eigenvalue weighted by Gasteiger charge is -2.34. The van der Waals surface area contributed by atoms with E-state index in [1.54, 1.807) is 0 Å². The van der Waals surface area contributed by atoms with Gasteiger partial charge in [0.1, 0.15) is 0 Å². The Hall–Kier alpha value is -1.89. The minimum absolute atomic E-state index is 0.0983. The Morgan fingerprint density at radius 3 is 2.46 bits per heavy atom. The predicted molar refractivity (Wildman–Crippen MR) is 90.9 cm³/mol. The summed E-state index contributed by atoms with van der Waals surface area (Å²) in [5.41, 5.74) is 0.127. The van der Waals surface area contributed by atoms with Gasteiger partial charge in [-0.25, -0.2) is 13.2 Å². The molecule has 0 spiro atoms. The molecule has 24 heavy (non-hydrogen) atoms. The van der Waals surface area contributed by atoms with Crippen LogP contribution in [0.2, 0.25) is 0 Å². The molecule has 1 saturated carbocycles. The maximum absolute atomic E-state index is 12.5. The summed E-state index contributed by atoms with van der Waals surface area (Å²) < 4.78 is 23.5. The topological polar surface area (TPSA) is 101 Å². The molecule has 6 nitrogen and oxygen atoms in total. The first-order chi connectivity index (χ1) is 11.0. The van der Waals surface area contributed by atoms with Gasteiger partial charge in [0.05, 0.1) is 10.5 Å². The van der Waals surface area contributed by atoms with Crippen molar-refractivity contribution in [3.05, 3.63) is 23.8 Å². The molecule has 0 bridgehead atoms. The molecule has 0 saturated heterocycles. The Morgan fingerprint density at radius 2 is 1.92 bits per heavy atom. The fourth-order valence-electron chi connectivity index (χ4n) is 3.18. The largest absolute Gasteiger partial charge is 0.478 e. The summed E-state index contributed by atoms with van der Waals surface area (Å²) in [6.07, 6.45) is 4.59. The molecule has 7 heteroatoms. The Morgan fingerprint density at radius 1 is 1.25 bits per heavy atom. The molecule has 1 aromatic carbocycles. The number of carboxylic acid groups (broad SMARTS) is 1. The molecular weight excluding hydrogens is 330 g/mol. The number of hydrogen-bond donors (Lipinski definition) is 2. The minimum Gasteiger partial charge on any atom is -0.478 e. The first-order valence-electron chi connectivity index (χ1n) is 7.87. The minimum atomic E-state index is -3.58. The van der Waals surface area contributed by atoms with Gasteiger partial charge in [-0.1, -0.05) is 20.3 Å². The average Bonchev–Trinajstić information content (AvgIpc) is 2.44. The van der Waals surface area contributed by atoms with Crippen LogP contribution in [0, 0.1) is 11.3 Å². The molecule has 1 aliphatic rings. The Bertz CT molecular complexity index is 767. The van der Waals surface area contributed by atoms with Crippen LogP contribution < -0.4 is 5.32 Å². The molecule has 0 aliphatic heterocycles. The van der Waals surface area contributed by atoms with E-state index in [9.17, 15) is 18.0 Å². The Balaban J connectivity index is 2.27. The van der Waals surface area contributed by atoms with Gasteiger partial charge in [0.2, 0.25) is 5.91 Å². The van der Waals surface area contributed by atoms with E-state index in [0.29, 0.717) is 0 Å². The highest BCUT2D eigenvalue weighted by atomic mass is 32.2. The number of carboxylic acids is 1. The molecular formula is C17H23NO5S. The van der Waals surface area contributed by atoms with Crippen molar-refractivity contribution >= 4 is 27.4 Å². The van der Waals surface area contributed by atoms with Crippen LogP contribution in [0.1, 0.15) is 49.9 Å². The highest BCUT2D eigenvalue weighted by Gasteiger charge is 2.32. The molecule has 1 unspecified atom stereocenters. The second-order valence-corrected chi connectivity index (χ2v) is 9.29. The first kappa shape index (κ1) is 18.4. The van der Waals surface area contributed by atoms with Crippen molar-refractivity contribution in [1.82, 2.24) is 0 Å². The summed E-state index contributed by atoms with van der Waals surface area (Å²) in [5.74, 6) is -1.58.